The summed E-state index contributed by atoms with van der Waals surface area (Å²) in [4.78, 5) is 10.4. The van der Waals surface area contributed by atoms with E-state index in [0.29, 0.717) is 16.7 Å². The lowest BCUT2D eigenvalue weighted by Gasteiger charge is -2.02. The van der Waals surface area contributed by atoms with E-state index in [1.165, 1.54) is 35.2 Å². The molecule has 96 valence electrons. The molecule has 0 aliphatic rings. The van der Waals surface area contributed by atoms with E-state index in [2.05, 4.69) is 9.97 Å². The minimum Gasteiger partial charge on any atom is -0.221 e. The number of rotatable bonds is 3. The topological polar surface area (TPSA) is 25.8 Å². The largest absolute Gasteiger partial charge is 0.221 e. The molecule has 0 radical (unpaired) electrons. The highest BCUT2D eigenvalue weighted by molar-refractivity contribution is 7.98. The van der Waals surface area contributed by atoms with Crippen molar-refractivity contribution in [3.63, 3.8) is 0 Å². The Morgan fingerprint density at radius 2 is 2.16 bits per heavy atom. The summed E-state index contributed by atoms with van der Waals surface area (Å²) in [6, 6.07) is 8.38. The lowest BCUT2D eigenvalue weighted by molar-refractivity contribution is 0.624. The second kappa shape index (κ2) is 5.45. The highest BCUT2D eigenvalue weighted by Crippen LogP contribution is 2.27. The van der Waals surface area contributed by atoms with Gasteiger partial charge in [-0.05, 0) is 29.6 Å². The Hall–Kier alpha value is -1.17. The zero-order valence-electron chi connectivity index (χ0n) is 9.64. The maximum atomic E-state index is 13.1. The first kappa shape index (κ1) is 12.8. The molecule has 0 atom stereocenters. The van der Waals surface area contributed by atoms with Crippen LogP contribution in [-0.2, 0) is 5.75 Å². The molecule has 0 N–H and O–H groups in total. The van der Waals surface area contributed by atoms with Crippen LogP contribution in [0.15, 0.2) is 40.6 Å². The van der Waals surface area contributed by atoms with Gasteiger partial charge in [-0.15, -0.1) is 23.1 Å². The van der Waals surface area contributed by atoms with Gasteiger partial charge in [0.1, 0.15) is 21.6 Å². The SMILES string of the molecule is Fc1cccc(SCc2nc(Cl)c3ccsc3n2)c1. The number of benzene rings is 1. The van der Waals surface area contributed by atoms with Crippen LogP contribution in [0.5, 0.6) is 0 Å². The molecular formula is C13H8ClFN2S2. The number of aromatic nitrogens is 2. The molecule has 0 saturated heterocycles. The van der Waals surface area contributed by atoms with Gasteiger partial charge in [-0.2, -0.15) is 0 Å². The van der Waals surface area contributed by atoms with Crippen molar-refractivity contribution in [1.82, 2.24) is 9.97 Å². The van der Waals surface area contributed by atoms with Crippen molar-refractivity contribution < 1.29 is 4.39 Å². The van der Waals surface area contributed by atoms with Gasteiger partial charge in [-0.3, -0.25) is 0 Å². The van der Waals surface area contributed by atoms with Crippen LogP contribution in [0.4, 0.5) is 4.39 Å². The van der Waals surface area contributed by atoms with Gasteiger partial charge >= 0.3 is 0 Å². The molecular weight excluding hydrogens is 303 g/mol. The molecule has 3 aromatic rings. The zero-order valence-corrected chi connectivity index (χ0v) is 12.0. The minimum absolute atomic E-state index is 0.238. The summed E-state index contributed by atoms with van der Waals surface area (Å²) in [6.07, 6.45) is 0. The Bertz CT molecular complexity index is 729. The normalized spacial score (nSPS) is 11.1. The van der Waals surface area contributed by atoms with Gasteiger partial charge < -0.3 is 0 Å². The predicted octanol–water partition coefficient (Wildman–Crippen LogP) is 4.78. The third-order valence-corrected chi connectivity index (χ3v) is 4.57. The van der Waals surface area contributed by atoms with E-state index in [4.69, 9.17) is 11.6 Å². The van der Waals surface area contributed by atoms with Crippen LogP contribution in [0.25, 0.3) is 10.2 Å². The number of thiophene rings is 1. The first-order valence-electron chi connectivity index (χ1n) is 5.50. The van der Waals surface area contributed by atoms with Crippen LogP contribution < -0.4 is 0 Å². The Balaban J connectivity index is 1.81. The summed E-state index contributed by atoms with van der Waals surface area (Å²) >= 11 is 9.12. The maximum Gasteiger partial charge on any atom is 0.142 e. The third-order valence-electron chi connectivity index (χ3n) is 2.49. The van der Waals surface area contributed by atoms with Crippen molar-refractivity contribution in [1.29, 1.82) is 0 Å². The zero-order chi connectivity index (χ0) is 13.2. The fraction of sp³-hybridized carbons (Fsp3) is 0.0769. The Morgan fingerprint density at radius 1 is 1.26 bits per heavy atom. The molecule has 0 amide bonds. The van der Waals surface area contributed by atoms with E-state index in [0.717, 1.165) is 15.1 Å². The maximum absolute atomic E-state index is 13.1. The van der Waals surface area contributed by atoms with Gasteiger partial charge in [0.2, 0.25) is 0 Å². The second-order valence-electron chi connectivity index (χ2n) is 3.82. The lowest BCUT2D eigenvalue weighted by Crippen LogP contribution is -1.92. The fourth-order valence-corrected chi connectivity index (χ4v) is 3.51. The Kier molecular flexibility index (Phi) is 3.68. The van der Waals surface area contributed by atoms with Gasteiger partial charge in [-0.1, -0.05) is 17.7 Å². The van der Waals surface area contributed by atoms with Crippen LogP contribution in [0.3, 0.4) is 0 Å². The van der Waals surface area contributed by atoms with E-state index in [1.54, 1.807) is 6.07 Å². The summed E-state index contributed by atoms with van der Waals surface area (Å²) in [5, 5.41) is 3.29. The van der Waals surface area contributed by atoms with E-state index in [-0.39, 0.29) is 5.82 Å². The third kappa shape index (κ3) is 2.88. The Morgan fingerprint density at radius 3 is 3.00 bits per heavy atom. The molecule has 2 aromatic heterocycles. The summed E-state index contributed by atoms with van der Waals surface area (Å²) in [5.74, 6) is 0.990. The molecule has 0 aliphatic heterocycles. The molecule has 1 aromatic carbocycles. The second-order valence-corrected chi connectivity index (χ2v) is 6.12. The molecule has 0 unspecified atom stereocenters. The van der Waals surface area contributed by atoms with Gasteiger partial charge in [0.25, 0.3) is 0 Å². The van der Waals surface area contributed by atoms with Crippen LogP contribution in [0, 0.1) is 5.82 Å². The van der Waals surface area contributed by atoms with Crippen molar-refractivity contribution in [3.05, 3.63) is 52.5 Å². The summed E-state index contributed by atoms with van der Waals surface area (Å²) in [7, 11) is 0. The average Bonchev–Trinajstić information content (AvgIpc) is 2.85. The van der Waals surface area contributed by atoms with Gasteiger partial charge in [0, 0.05) is 10.3 Å². The Labute approximate surface area is 122 Å². The van der Waals surface area contributed by atoms with Crippen LogP contribution >= 0.6 is 34.7 Å². The molecule has 0 bridgehead atoms. The highest BCUT2D eigenvalue weighted by Gasteiger charge is 2.07. The molecule has 3 rings (SSSR count). The average molecular weight is 311 g/mol. The summed E-state index contributed by atoms with van der Waals surface area (Å²) in [6.45, 7) is 0. The summed E-state index contributed by atoms with van der Waals surface area (Å²) in [5.41, 5.74) is 0. The molecule has 0 fully saturated rings. The summed E-state index contributed by atoms with van der Waals surface area (Å²) < 4.78 is 13.1. The number of fused-ring (bicyclic) bond motifs is 1. The van der Waals surface area contributed by atoms with Crippen molar-refractivity contribution in [2.24, 2.45) is 0 Å². The predicted molar refractivity (Wildman–Crippen MR) is 78.4 cm³/mol. The van der Waals surface area contributed by atoms with E-state index < -0.39 is 0 Å². The van der Waals surface area contributed by atoms with Crippen molar-refractivity contribution in [3.8, 4) is 0 Å². The molecule has 2 heterocycles. The molecule has 0 aliphatic carbocycles. The number of halogens is 2. The molecule has 6 heteroatoms. The van der Waals surface area contributed by atoms with Crippen LogP contribution in [0.2, 0.25) is 5.15 Å². The minimum atomic E-state index is -0.238. The first-order valence-corrected chi connectivity index (χ1v) is 7.75. The van der Waals surface area contributed by atoms with Crippen molar-refractivity contribution >= 4 is 44.9 Å². The van der Waals surface area contributed by atoms with E-state index in [9.17, 15) is 4.39 Å². The van der Waals surface area contributed by atoms with E-state index in [1.807, 2.05) is 17.5 Å². The molecule has 19 heavy (non-hydrogen) atoms. The number of hydrogen-bond donors (Lipinski definition) is 0. The van der Waals surface area contributed by atoms with Crippen molar-refractivity contribution in [2.45, 2.75) is 10.6 Å². The molecule has 2 nitrogen and oxygen atoms in total. The monoisotopic (exact) mass is 310 g/mol. The van der Waals surface area contributed by atoms with E-state index >= 15 is 0 Å². The van der Waals surface area contributed by atoms with Crippen molar-refractivity contribution in [2.75, 3.05) is 0 Å². The van der Waals surface area contributed by atoms with Gasteiger partial charge in [-0.25, -0.2) is 14.4 Å². The van der Waals surface area contributed by atoms with Crippen LogP contribution in [-0.4, -0.2) is 9.97 Å². The number of thioether (sulfide) groups is 1. The lowest BCUT2D eigenvalue weighted by atomic mass is 10.4. The fourth-order valence-electron chi connectivity index (χ4n) is 1.63. The van der Waals surface area contributed by atoms with Crippen LogP contribution in [0.1, 0.15) is 5.82 Å². The quantitative estimate of drug-likeness (QED) is 0.514. The van der Waals surface area contributed by atoms with Gasteiger partial charge in [0.05, 0.1) is 5.75 Å². The standard InChI is InChI=1S/C13H8ClFN2S2/c14-12-10-4-5-18-13(10)17-11(16-12)7-19-9-3-1-2-8(15)6-9/h1-6H,7H2. The first-order chi connectivity index (χ1) is 9.22. The smallest absolute Gasteiger partial charge is 0.142 e. The number of hydrogen-bond acceptors (Lipinski definition) is 4. The number of nitrogens with zero attached hydrogens (tertiary/aromatic N) is 2. The highest BCUT2D eigenvalue weighted by atomic mass is 35.5. The molecule has 0 saturated carbocycles. The molecule has 0 spiro atoms. The van der Waals surface area contributed by atoms with Gasteiger partial charge in [0.15, 0.2) is 0 Å².